The number of anilines is 1. The first-order valence-electron chi connectivity index (χ1n) is 6.70. The largest absolute Gasteiger partial charge is 0.356 e. The molecule has 0 radical (unpaired) electrons. The first-order valence-corrected chi connectivity index (χ1v) is 6.70. The van der Waals surface area contributed by atoms with Gasteiger partial charge in [-0.2, -0.15) is 0 Å². The number of hydrogen-bond acceptors (Lipinski definition) is 5. The summed E-state index contributed by atoms with van der Waals surface area (Å²) < 4.78 is 0. The minimum atomic E-state index is 0.0430. The summed E-state index contributed by atoms with van der Waals surface area (Å²) in [5.74, 6) is 1.36. The maximum atomic E-state index is 10.9. The van der Waals surface area contributed by atoms with Crippen LogP contribution in [0.15, 0.2) is 12.3 Å². The number of carbonyl (C=O) groups excluding carboxylic acids is 1. The predicted molar refractivity (Wildman–Crippen MR) is 73.5 cm³/mol. The Morgan fingerprint density at radius 2 is 2.26 bits per heavy atom. The second-order valence-corrected chi connectivity index (χ2v) is 4.92. The molecule has 6 heteroatoms. The van der Waals surface area contributed by atoms with Gasteiger partial charge in [0.15, 0.2) is 0 Å². The lowest BCUT2D eigenvalue weighted by atomic mass is 9.97. The lowest BCUT2D eigenvalue weighted by molar-refractivity contribution is -0.119. The van der Waals surface area contributed by atoms with Crippen LogP contribution in [0.1, 0.15) is 25.5 Å². The van der Waals surface area contributed by atoms with Crippen molar-refractivity contribution in [3.8, 4) is 0 Å². The minimum absolute atomic E-state index is 0.0430. The summed E-state index contributed by atoms with van der Waals surface area (Å²) in [6.45, 7) is 4.62. The third kappa shape index (κ3) is 3.89. The molecule has 1 fully saturated rings. The number of rotatable bonds is 4. The molecule has 1 aromatic rings. The van der Waals surface area contributed by atoms with Crippen molar-refractivity contribution in [3.05, 3.63) is 18.0 Å². The Morgan fingerprint density at radius 1 is 1.53 bits per heavy atom. The normalized spacial score (nSPS) is 16.4. The molecule has 0 spiro atoms. The van der Waals surface area contributed by atoms with E-state index < -0.39 is 0 Å². The van der Waals surface area contributed by atoms with Crippen molar-refractivity contribution < 1.29 is 4.79 Å². The number of nitrogens with zero attached hydrogens (tertiary/aromatic N) is 3. The van der Waals surface area contributed by atoms with Gasteiger partial charge in [-0.1, -0.05) is 0 Å². The quantitative estimate of drug-likeness (QED) is 0.815. The molecule has 0 bridgehead atoms. The summed E-state index contributed by atoms with van der Waals surface area (Å²) in [4.78, 5) is 21.8. The van der Waals surface area contributed by atoms with E-state index >= 15 is 0 Å². The van der Waals surface area contributed by atoms with Gasteiger partial charge in [0.2, 0.25) is 11.9 Å². The fraction of sp³-hybridized carbons (Fsp3) is 0.615. The molecule has 2 rings (SSSR count). The summed E-state index contributed by atoms with van der Waals surface area (Å²) in [5, 5.41) is 2.88. The third-order valence-electron chi connectivity index (χ3n) is 3.45. The minimum Gasteiger partial charge on any atom is -0.356 e. The van der Waals surface area contributed by atoms with Gasteiger partial charge in [0.25, 0.3) is 0 Å². The highest BCUT2D eigenvalue weighted by Crippen LogP contribution is 2.20. The molecule has 1 amide bonds. The molecule has 1 aliphatic heterocycles. The molecule has 3 N–H and O–H groups in total. The number of piperidine rings is 1. The summed E-state index contributed by atoms with van der Waals surface area (Å²) in [5.41, 5.74) is 6.46. The molecule has 0 saturated carbocycles. The van der Waals surface area contributed by atoms with Crippen LogP contribution in [-0.2, 0) is 11.3 Å². The second-order valence-electron chi connectivity index (χ2n) is 4.92. The van der Waals surface area contributed by atoms with Gasteiger partial charge in [-0.3, -0.25) is 4.79 Å². The van der Waals surface area contributed by atoms with Crippen LogP contribution in [0.3, 0.4) is 0 Å². The smallest absolute Gasteiger partial charge is 0.225 e. The number of aromatic nitrogens is 2. The van der Waals surface area contributed by atoms with Crippen LogP contribution < -0.4 is 16.0 Å². The monoisotopic (exact) mass is 263 g/mol. The Kier molecular flexibility index (Phi) is 4.68. The number of amides is 1. The van der Waals surface area contributed by atoms with Gasteiger partial charge in [-0.05, 0) is 24.8 Å². The standard InChI is InChI=1S/C13H21N5O/c1-10(19)16-9-11-3-6-18(7-4-11)13-15-5-2-12(8-14)17-13/h2,5,11H,3-4,6-9,14H2,1H3,(H,16,19). The van der Waals surface area contributed by atoms with Crippen molar-refractivity contribution in [2.45, 2.75) is 26.3 Å². The van der Waals surface area contributed by atoms with Gasteiger partial charge >= 0.3 is 0 Å². The van der Waals surface area contributed by atoms with Crippen LogP contribution in [0.2, 0.25) is 0 Å². The van der Waals surface area contributed by atoms with Crippen LogP contribution in [0.25, 0.3) is 0 Å². The predicted octanol–water partition coefficient (Wildman–Crippen LogP) is 0.288. The van der Waals surface area contributed by atoms with E-state index in [9.17, 15) is 4.79 Å². The first-order chi connectivity index (χ1) is 9.19. The van der Waals surface area contributed by atoms with E-state index in [0.717, 1.165) is 44.1 Å². The molecule has 1 saturated heterocycles. The van der Waals surface area contributed by atoms with Gasteiger partial charge in [-0.15, -0.1) is 0 Å². The molecule has 0 aromatic carbocycles. The van der Waals surface area contributed by atoms with Gasteiger partial charge in [0, 0.05) is 39.3 Å². The highest BCUT2D eigenvalue weighted by Gasteiger charge is 2.21. The van der Waals surface area contributed by atoms with Gasteiger partial charge in [0.05, 0.1) is 5.69 Å². The second kappa shape index (κ2) is 6.47. The van der Waals surface area contributed by atoms with Crippen LogP contribution in [-0.4, -0.2) is 35.5 Å². The van der Waals surface area contributed by atoms with E-state index in [0.29, 0.717) is 12.5 Å². The summed E-state index contributed by atoms with van der Waals surface area (Å²) in [6, 6.07) is 1.84. The SMILES string of the molecule is CC(=O)NCC1CCN(c2nccc(CN)n2)CC1. The summed E-state index contributed by atoms with van der Waals surface area (Å²) in [6.07, 6.45) is 3.86. The maximum Gasteiger partial charge on any atom is 0.225 e. The number of hydrogen-bond donors (Lipinski definition) is 2. The Morgan fingerprint density at radius 3 is 2.89 bits per heavy atom. The van der Waals surface area contributed by atoms with Crippen molar-refractivity contribution in [3.63, 3.8) is 0 Å². The van der Waals surface area contributed by atoms with Crippen LogP contribution in [0.5, 0.6) is 0 Å². The van der Waals surface area contributed by atoms with Crippen molar-refractivity contribution in [2.24, 2.45) is 11.7 Å². The fourth-order valence-electron chi connectivity index (χ4n) is 2.28. The average molecular weight is 263 g/mol. The molecular weight excluding hydrogens is 242 g/mol. The Bertz CT molecular complexity index is 429. The zero-order valence-corrected chi connectivity index (χ0v) is 11.3. The number of nitrogens with one attached hydrogen (secondary N) is 1. The molecule has 0 aliphatic carbocycles. The van der Waals surface area contributed by atoms with Crippen molar-refractivity contribution in [1.29, 1.82) is 0 Å². The molecule has 0 unspecified atom stereocenters. The molecule has 19 heavy (non-hydrogen) atoms. The van der Waals surface area contributed by atoms with E-state index in [2.05, 4.69) is 20.2 Å². The highest BCUT2D eigenvalue weighted by atomic mass is 16.1. The zero-order chi connectivity index (χ0) is 13.7. The van der Waals surface area contributed by atoms with Crippen molar-refractivity contribution >= 4 is 11.9 Å². The fourth-order valence-corrected chi connectivity index (χ4v) is 2.28. The van der Waals surface area contributed by atoms with E-state index in [1.807, 2.05) is 6.07 Å². The van der Waals surface area contributed by atoms with E-state index in [1.165, 1.54) is 0 Å². The molecule has 104 valence electrons. The molecular formula is C13H21N5O. The van der Waals surface area contributed by atoms with E-state index in [-0.39, 0.29) is 5.91 Å². The third-order valence-corrected chi connectivity index (χ3v) is 3.45. The molecule has 0 atom stereocenters. The maximum absolute atomic E-state index is 10.9. The molecule has 1 aliphatic rings. The van der Waals surface area contributed by atoms with Gasteiger partial charge in [-0.25, -0.2) is 9.97 Å². The van der Waals surface area contributed by atoms with Gasteiger partial charge in [0.1, 0.15) is 0 Å². The molecule has 2 heterocycles. The average Bonchev–Trinajstić information content (AvgIpc) is 2.45. The topological polar surface area (TPSA) is 84.1 Å². The zero-order valence-electron chi connectivity index (χ0n) is 11.3. The van der Waals surface area contributed by atoms with Crippen LogP contribution in [0.4, 0.5) is 5.95 Å². The lowest BCUT2D eigenvalue weighted by Crippen LogP contribution is -2.39. The van der Waals surface area contributed by atoms with Gasteiger partial charge < -0.3 is 16.0 Å². The summed E-state index contributed by atoms with van der Waals surface area (Å²) in [7, 11) is 0. The Labute approximate surface area is 113 Å². The summed E-state index contributed by atoms with van der Waals surface area (Å²) >= 11 is 0. The van der Waals surface area contributed by atoms with E-state index in [1.54, 1.807) is 13.1 Å². The Hall–Kier alpha value is -1.69. The number of nitrogens with two attached hydrogens (primary N) is 1. The van der Waals surface area contributed by atoms with E-state index in [4.69, 9.17) is 5.73 Å². The first kappa shape index (κ1) is 13.7. The van der Waals surface area contributed by atoms with Crippen LogP contribution in [0, 0.1) is 5.92 Å². The highest BCUT2D eigenvalue weighted by molar-refractivity contribution is 5.72. The van der Waals surface area contributed by atoms with Crippen molar-refractivity contribution in [2.75, 3.05) is 24.5 Å². The Balaban J connectivity index is 1.87. The van der Waals surface area contributed by atoms with Crippen LogP contribution >= 0.6 is 0 Å². The number of carbonyl (C=O) groups is 1. The molecule has 1 aromatic heterocycles. The molecule has 6 nitrogen and oxygen atoms in total. The lowest BCUT2D eigenvalue weighted by Gasteiger charge is -2.32. The van der Waals surface area contributed by atoms with Crippen molar-refractivity contribution in [1.82, 2.24) is 15.3 Å².